The Bertz CT molecular complexity index is 589. The van der Waals surface area contributed by atoms with Crippen LogP contribution in [0.3, 0.4) is 0 Å². The molecule has 0 radical (unpaired) electrons. The zero-order valence-corrected chi connectivity index (χ0v) is 13.5. The van der Waals surface area contributed by atoms with Gasteiger partial charge in [0, 0.05) is 11.6 Å². The summed E-state index contributed by atoms with van der Waals surface area (Å²) < 4.78 is 5.44. The SMILES string of the molecule is C[C@H](OC(=O)c1ccccn1)C(=O)C12CC3CC(CC(C3)C1)C2. The number of hydrogen-bond donors (Lipinski definition) is 0. The third-order valence-electron chi connectivity index (χ3n) is 6.09. The van der Waals surface area contributed by atoms with Gasteiger partial charge < -0.3 is 4.74 Å². The summed E-state index contributed by atoms with van der Waals surface area (Å²) in [5.41, 5.74) is 0.0381. The van der Waals surface area contributed by atoms with E-state index < -0.39 is 12.1 Å². The molecule has 4 aliphatic carbocycles. The van der Waals surface area contributed by atoms with Gasteiger partial charge in [-0.2, -0.15) is 0 Å². The first-order valence-electron chi connectivity index (χ1n) is 8.72. The van der Waals surface area contributed by atoms with Crippen molar-refractivity contribution in [3.05, 3.63) is 30.1 Å². The minimum atomic E-state index is -0.680. The summed E-state index contributed by atoms with van der Waals surface area (Å²) in [6.07, 6.45) is 7.79. The van der Waals surface area contributed by atoms with Crippen molar-refractivity contribution in [1.29, 1.82) is 0 Å². The van der Waals surface area contributed by atoms with Crippen LogP contribution in [0.2, 0.25) is 0 Å². The van der Waals surface area contributed by atoms with Gasteiger partial charge in [-0.1, -0.05) is 6.07 Å². The molecule has 1 atom stereocenters. The van der Waals surface area contributed by atoms with Crippen molar-refractivity contribution in [3.63, 3.8) is 0 Å². The topological polar surface area (TPSA) is 56.3 Å². The second kappa shape index (κ2) is 5.43. The summed E-state index contributed by atoms with van der Waals surface area (Å²) in [6, 6.07) is 5.11. The summed E-state index contributed by atoms with van der Waals surface area (Å²) in [6.45, 7) is 1.72. The molecule has 122 valence electrons. The lowest BCUT2D eigenvalue weighted by Crippen LogP contribution is -2.52. The van der Waals surface area contributed by atoms with Gasteiger partial charge in [-0.15, -0.1) is 0 Å². The van der Waals surface area contributed by atoms with Crippen molar-refractivity contribution < 1.29 is 14.3 Å². The van der Waals surface area contributed by atoms with Crippen LogP contribution in [0, 0.1) is 23.2 Å². The van der Waals surface area contributed by atoms with Gasteiger partial charge in [0.2, 0.25) is 0 Å². The maximum Gasteiger partial charge on any atom is 0.357 e. The molecule has 4 aliphatic rings. The summed E-state index contributed by atoms with van der Waals surface area (Å²) in [5, 5.41) is 0. The highest BCUT2D eigenvalue weighted by molar-refractivity contribution is 5.93. The Kier molecular flexibility index (Phi) is 3.51. The standard InChI is InChI=1S/C19H23NO3/c1-12(23-18(22)16-4-2-3-5-20-16)17(21)19-9-13-6-14(10-19)8-15(7-13)11-19/h2-5,12-15H,6-11H2,1H3/t12-,13?,14?,15?,19?/m0/s1. The lowest BCUT2D eigenvalue weighted by molar-refractivity contribution is -0.152. The number of esters is 1. The largest absolute Gasteiger partial charge is 0.450 e. The van der Waals surface area contributed by atoms with E-state index >= 15 is 0 Å². The smallest absolute Gasteiger partial charge is 0.357 e. The van der Waals surface area contributed by atoms with E-state index in [4.69, 9.17) is 4.74 Å². The number of carbonyl (C=O) groups excluding carboxylic acids is 2. The van der Waals surface area contributed by atoms with E-state index in [0.29, 0.717) is 17.8 Å². The number of carbonyl (C=O) groups is 2. The normalized spacial score (nSPS) is 35.8. The van der Waals surface area contributed by atoms with Gasteiger partial charge in [0.15, 0.2) is 11.9 Å². The molecular weight excluding hydrogens is 290 g/mol. The molecule has 5 rings (SSSR count). The highest BCUT2D eigenvalue weighted by Gasteiger charge is 2.55. The van der Waals surface area contributed by atoms with Gasteiger partial charge in [0.05, 0.1) is 0 Å². The van der Waals surface area contributed by atoms with Crippen molar-refractivity contribution in [3.8, 4) is 0 Å². The minimum absolute atomic E-state index is 0.140. The Labute approximate surface area is 136 Å². The molecule has 0 aromatic carbocycles. The van der Waals surface area contributed by atoms with Crippen LogP contribution in [-0.4, -0.2) is 22.8 Å². The van der Waals surface area contributed by atoms with Crippen LogP contribution in [0.4, 0.5) is 0 Å². The predicted octanol–water partition coefficient (Wildman–Crippen LogP) is 3.41. The van der Waals surface area contributed by atoms with Gasteiger partial charge in [-0.3, -0.25) is 4.79 Å². The number of rotatable bonds is 4. The van der Waals surface area contributed by atoms with E-state index in [1.165, 1.54) is 19.3 Å². The van der Waals surface area contributed by atoms with Crippen LogP contribution >= 0.6 is 0 Å². The number of pyridine rings is 1. The zero-order valence-electron chi connectivity index (χ0n) is 13.5. The summed E-state index contributed by atoms with van der Waals surface area (Å²) in [5.74, 6) is 1.77. The number of hydrogen-bond acceptors (Lipinski definition) is 4. The van der Waals surface area contributed by atoms with Crippen molar-refractivity contribution in [2.24, 2.45) is 23.2 Å². The molecule has 1 heterocycles. The van der Waals surface area contributed by atoms with Crippen LogP contribution in [0.25, 0.3) is 0 Å². The molecule has 0 aliphatic heterocycles. The molecular formula is C19H23NO3. The average Bonchev–Trinajstić information content (AvgIpc) is 2.53. The van der Waals surface area contributed by atoms with E-state index in [9.17, 15) is 9.59 Å². The third-order valence-corrected chi connectivity index (χ3v) is 6.09. The van der Waals surface area contributed by atoms with Gasteiger partial charge >= 0.3 is 5.97 Å². The molecule has 0 saturated heterocycles. The maximum absolute atomic E-state index is 13.1. The number of ether oxygens (including phenoxy) is 1. The summed E-state index contributed by atoms with van der Waals surface area (Å²) in [4.78, 5) is 29.2. The molecule has 0 spiro atoms. The molecule has 4 saturated carbocycles. The molecule has 0 N–H and O–H groups in total. The highest BCUT2D eigenvalue weighted by Crippen LogP contribution is 2.60. The Morgan fingerprint density at radius 2 is 1.74 bits per heavy atom. The van der Waals surface area contributed by atoms with E-state index in [2.05, 4.69) is 4.98 Å². The first-order chi connectivity index (χ1) is 11.1. The second-order valence-electron chi connectivity index (χ2n) is 7.82. The van der Waals surface area contributed by atoms with Crippen LogP contribution in [0.1, 0.15) is 55.9 Å². The predicted molar refractivity (Wildman–Crippen MR) is 84.7 cm³/mol. The zero-order chi connectivity index (χ0) is 16.0. The number of aromatic nitrogens is 1. The Morgan fingerprint density at radius 1 is 1.13 bits per heavy atom. The fourth-order valence-corrected chi connectivity index (χ4v) is 5.60. The van der Waals surface area contributed by atoms with E-state index in [0.717, 1.165) is 19.3 Å². The minimum Gasteiger partial charge on any atom is -0.450 e. The van der Waals surface area contributed by atoms with E-state index in [1.54, 1.807) is 31.3 Å². The molecule has 4 bridgehead atoms. The Morgan fingerprint density at radius 3 is 2.26 bits per heavy atom. The average molecular weight is 313 g/mol. The van der Waals surface area contributed by atoms with Crippen molar-refractivity contribution >= 4 is 11.8 Å². The molecule has 4 fully saturated rings. The highest BCUT2D eigenvalue weighted by atomic mass is 16.5. The number of Topliss-reactive ketones (excluding diaryl/α,β-unsaturated/α-hetero) is 1. The molecule has 0 unspecified atom stereocenters. The van der Waals surface area contributed by atoms with Gasteiger partial charge in [0.25, 0.3) is 0 Å². The maximum atomic E-state index is 13.1. The lowest BCUT2D eigenvalue weighted by atomic mass is 9.48. The first kappa shape index (κ1) is 14.9. The van der Waals surface area contributed by atoms with E-state index in [1.807, 2.05) is 0 Å². The molecule has 1 aromatic rings. The Hall–Kier alpha value is -1.71. The molecule has 1 aromatic heterocycles. The van der Waals surface area contributed by atoms with Crippen LogP contribution in [0.15, 0.2) is 24.4 Å². The summed E-state index contributed by atoms with van der Waals surface area (Å²) >= 11 is 0. The molecule has 23 heavy (non-hydrogen) atoms. The quantitative estimate of drug-likeness (QED) is 0.799. The molecule has 4 nitrogen and oxygen atoms in total. The second-order valence-corrected chi connectivity index (χ2v) is 7.82. The van der Waals surface area contributed by atoms with Crippen molar-refractivity contribution in [1.82, 2.24) is 4.98 Å². The fraction of sp³-hybridized carbons (Fsp3) is 0.632. The number of ketones is 1. The monoisotopic (exact) mass is 313 g/mol. The first-order valence-corrected chi connectivity index (χ1v) is 8.72. The fourth-order valence-electron chi connectivity index (χ4n) is 5.60. The van der Waals surface area contributed by atoms with Crippen molar-refractivity contribution in [2.45, 2.75) is 51.6 Å². The van der Waals surface area contributed by atoms with Crippen LogP contribution in [-0.2, 0) is 9.53 Å². The number of nitrogens with zero attached hydrogens (tertiary/aromatic N) is 1. The summed E-state index contributed by atoms with van der Waals surface area (Å²) in [7, 11) is 0. The Balaban J connectivity index is 1.47. The van der Waals surface area contributed by atoms with Crippen LogP contribution < -0.4 is 0 Å². The van der Waals surface area contributed by atoms with Crippen molar-refractivity contribution in [2.75, 3.05) is 0 Å². The van der Waals surface area contributed by atoms with Gasteiger partial charge in [-0.05, 0) is 75.3 Å². The van der Waals surface area contributed by atoms with E-state index in [-0.39, 0.29) is 16.9 Å². The van der Waals surface area contributed by atoms with Gasteiger partial charge in [0.1, 0.15) is 5.69 Å². The molecule has 4 heteroatoms. The lowest BCUT2D eigenvalue weighted by Gasteiger charge is -2.56. The third kappa shape index (κ3) is 2.58. The van der Waals surface area contributed by atoms with Crippen LogP contribution in [0.5, 0.6) is 0 Å². The van der Waals surface area contributed by atoms with Gasteiger partial charge in [-0.25, -0.2) is 9.78 Å². The molecule has 0 amide bonds.